The summed E-state index contributed by atoms with van der Waals surface area (Å²) >= 11 is 0. The molecule has 0 aliphatic heterocycles. The van der Waals surface area contributed by atoms with Gasteiger partial charge in [0.15, 0.2) is 0 Å². The summed E-state index contributed by atoms with van der Waals surface area (Å²) in [7, 11) is 0. The van der Waals surface area contributed by atoms with Crippen LogP contribution < -0.4 is 10.9 Å². The van der Waals surface area contributed by atoms with Crippen LogP contribution >= 0.6 is 0 Å². The van der Waals surface area contributed by atoms with E-state index < -0.39 is 17.6 Å². The second-order valence-electron chi connectivity index (χ2n) is 6.04. The number of aromatic nitrogens is 1. The first-order chi connectivity index (χ1) is 12.5. The molecule has 3 rings (SSSR count). The van der Waals surface area contributed by atoms with Crippen LogP contribution in [0.5, 0.6) is 0 Å². The number of rotatable bonds is 4. The van der Waals surface area contributed by atoms with Gasteiger partial charge in [0, 0.05) is 17.7 Å². The van der Waals surface area contributed by atoms with E-state index in [0.717, 1.165) is 16.5 Å². The van der Waals surface area contributed by atoms with Crippen molar-refractivity contribution in [3.63, 3.8) is 0 Å². The van der Waals surface area contributed by atoms with Crippen molar-refractivity contribution < 1.29 is 9.18 Å². The van der Waals surface area contributed by atoms with Crippen LogP contribution in [-0.4, -0.2) is 10.9 Å². The summed E-state index contributed by atoms with van der Waals surface area (Å²) in [5, 5.41) is 12.8. The number of anilines is 1. The van der Waals surface area contributed by atoms with Crippen LogP contribution in [0.25, 0.3) is 10.9 Å². The van der Waals surface area contributed by atoms with E-state index in [1.54, 1.807) is 6.07 Å². The number of hydrogen-bond donors (Lipinski definition) is 2. The van der Waals surface area contributed by atoms with E-state index in [4.69, 9.17) is 0 Å². The van der Waals surface area contributed by atoms with Gasteiger partial charge in [0.25, 0.3) is 5.56 Å². The van der Waals surface area contributed by atoms with E-state index >= 15 is 0 Å². The standard InChI is InChI=1S/C20H16FN3O2/c1-12-3-2-4-13-9-14(19(25)24-18(12)13)10-15(11-22)20(26)23-17-7-5-16(21)6-8-17/h2-9,15H,10H2,1H3,(H,23,26)(H,24,25)/t15-/m1/s1. The third-order valence-electron chi connectivity index (χ3n) is 4.17. The molecule has 0 saturated heterocycles. The number of carbonyl (C=O) groups excluding carboxylic acids is 1. The van der Waals surface area contributed by atoms with Crippen molar-refractivity contribution in [1.82, 2.24) is 4.98 Å². The molecular weight excluding hydrogens is 333 g/mol. The summed E-state index contributed by atoms with van der Waals surface area (Å²) in [6.45, 7) is 1.90. The fourth-order valence-corrected chi connectivity index (χ4v) is 2.76. The van der Waals surface area contributed by atoms with Crippen LogP contribution in [0.3, 0.4) is 0 Å². The van der Waals surface area contributed by atoms with Gasteiger partial charge in [-0.3, -0.25) is 9.59 Å². The van der Waals surface area contributed by atoms with E-state index in [2.05, 4.69) is 10.3 Å². The Bertz CT molecular complexity index is 1070. The van der Waals surface area contributed by atoms with Crippen molar-refractivity contribution in [3.05, 3.63) is 75.8 Å². The largest absolute Gasteiger partial charge is 0.325 e. The SMILES string of the molecule is Cc1cccc2cc(C[C@H](C#N)C(=O)Nc3ccc(F)cc3)c(=O)[nH]c12. The van der Waals surface area contributed by atoms with Crippen LogP contribution in [-0.2, 0) is 11.2 Å². The number of hydrogen-bond acceptors (Lipinski definition) is 3. The number of nitriles is 1. The summed E-state index contributed by atoms with van der Waals surface area (Å²) in [6.07, 6.45) is -0.0112. The van der Waals surface area contributed by atoms with Gasteiger partial charge < -0.3 is 10.3 Å². The molecule has 2 aromatic carbocycles. The van der Waals surface area contributed by atoms with Gasteiger partial charge in [-0.1, -0.05) is 18.2 Å². The number of para-hydroxylation sites is 1. The van der Waals surface area contributed by atoms with Gasteiger partial charge in [0.1, 0.15) is 11.7 Å². The van der Waals surface area contributed by atoms with Crippen molar-refractivity contribution in [3.8, 4) is 6.07 Å². The van der Waals surface area contributed by atoms with Crippen molar-refractivity contribution >= 4 is 22.5 Å². The highest BCUT2D eigenvalue weighted by atomic mass is 19.1. The highest BCUT2D eigenvalue weighted by Gasteiger charge is 2.20. The Kier molecular flexibility index (Phi) is 4.81. The molecule has 0 saturated carbocycles. The second kappa shape index (κ2) is 7.19. The first-order valence-electron chi connectivity index (χ1n) is 8.05. The molecule has 0 radical (unpaired) electrons. The molecule has 3 aromatic rings. The molecule has 0 unspecified atom stereocenters. The minimum atomic E-state index is -1.04. The maximum absolute atomic E-state index is 12.9. The molecule has 1 heterocycles. The monoisotopic (exact) mass is 349 g/mol. The zero-order chi connectivity index (χ0) is 18.7. The predicted molar refractivity (Wildman–Crippen MR) is 97.1 cm³/mol. The topological polar surface area (TPSA) is 85.8 Å². The average molecular weight is 349 g/mol. The highest BCUT2D eigenvalue weighted by Crippen LogP contribution is 2.17. The number of aromatic amines is 1. The van der Waals surface area contributed by atoms with E-state index in [1.807, 2.05) is 31.2 Å². The van der Waals surface area contributed by atoms with Crippen molar-refractivity contribution in [2.24, 2.45) is 5.92 Å². The van der Waals surface area contributed by atoms with E-state index in [-0.39, 0.29) is 12.0 Å². The van der Waals surface area contributed by atoms with Crippen LogP contribution in [0.2, 0.25) is 0 Å². The molecule has 6 heteroatoms. The fraction of sp³-hybridized carbons (Fsp3) is 0.150. The van der Waals surface area contributed by atoms with Gasteiger partial charge in [-0.15, -0.1) is 0 Å². The number of H-pyrrole nitrogens is 1. The lowest BCUT2D eigenvalue weighted by Crippen LogP contribution is -2.26. The minimum absolute atomic E-state index is 0.0112. The molecule has 2 N–H and O–H groups in total. The lowest BCUT2D eigenvalue weighted by atomic mass is 9.99. The van der Waals surface area contributed by atoms with Gasteiger partial charge in [-0.05, 0) is 48.2 Å². The summed E-state index contributed by atoms with van der Waals surface area (Å²) in [6, 6.07) is 14.5. The number of nitrogens with one attached hydrogen (secondary N) is 2. The summed E-state index contributed by atoms with van der Waals surface area (Å²) in [4.78, 5) is 27.5. The number of pyridine rings is 1. The Balaban J connectivity index is 1.84. The molecule has 1 aromatic heterocycles. The Morgan fingerprint density at radius 1 is 1.27 bits per heavy atom. The average Bonchev–Trinajstić information content (AvgIpc) is 2.62. The molecule has 130 valence electrons. The van der Waals surface area contributed by atoms with Gasteiger partial charge >= 0.3 is 0 Å². The first-order valence-corrected chi connectivity index (χ1v) is 8.05. The fourth-order valence-electron chi connectivity index (χ4n) is 2.76. The molecule has 26 heavy (non-hydrogen) atoms. The summed E-state index contributed by atoms with van der Waals surface area (Å²) < 4.78 is 12.9. The number of amides is 1. The third kappa shape index (κ3) is 3.62. The van der Waals surface area contributed by atoms with Crippen LogP contribution in [0.4, 0.5) is 10.1 Å². The van der Waals surface area contributed by atoms with Gasteiger partial charge in [-0.25, -0.2) is 4.39 Å². The van der Waals surface area contributed by atoms with Crippen molar-refractivity contribution in [2.75, 3.05) is 5.32 Å². The third-order valence-corrected chi connectivity index (χ3v) is 4.17. The Morgan fingerprint density at radius 3 is 2.69 bits per heavy atom. The van der Waals surface area contributed by atoms with E-state index in [9.17, 15) is 19.2 Å². The summed E-state index contributed by atoms with van der Waals surface area (Å²) in [5.74, 6) is -2.00. The van der Waals surface area contributed by atoms with Gasteiger partial charge in [-0.2, -0.15) is 5.26 Å². The second-order valence-corrected chi connectivity index (χ2v) is 6.04. The molecule has 0 spiro atoms. The number of carbonyl (C=O) groups is 1. The Labute approximate surface area is 149 Å². The highest BCUT2D eigenvalue weighted by molar-refractivity contribution is 5.94. The number of benzene rings is 2. The summed E-state index contributed by atoms with van der Waals surface area (Å²) in [5.41, 5.74) is 2.12. The first kappa shape index (κ1) is 17.4. The molecule has 1 atom stereocenters. The van der Waals surface area contributed by atoms with Crippen molar-refractivity contribution in [1.29, 1.82) is 5.26 Å². The minimum Gasteiger partial charge on any atom is -0.325 e. The number of nitrogens with zero attached hydrogens (tertiary/aromatic N) is 1. The molecule has 5 nitrogen and oxygen atoms in total. The van der Waals surface area contributed by atoms with E-state index in [0.29, 0.717) is 11.3 Å². The van der Waals surface area contributed by atoms with E-state index in [1.165, 1.54) is 24.3 Å². The number of fused-ring (bicyclic) bond motifs is 1. The smallest absolute Gasteiger partial charge is 0.251 e. The quantitative estimate of drug-likeness (QED) is 0.758. The number of halogens is 1. The molecular formula is C20H16FN3O2. The Hall–Kier alpha value is -3.46. The Morgan fingerprint density at radius 2 is 2.00 bits per heavy atom. The lowest BCUT2D eigenvalue weighted by molar-refractivity contribution is -0.118. The molecule has 1 amide bonds. The molecule has 0 aliphatic rings. The van der Waals surface area contributed by atoms with Crippen LogP contribution in [0, 0.1) is 30.0 Å². The molecule has 0 fully saturated rings. The van der Waals surface area contributed by atoms with Gasteiger partial charge in [0.05, 0.1) is 11.6 Å². The molecule has 0 bridgehead atoms. The van der Waals surface area contributed by atoms with Crippen molar-refractivity contribution in [2.45, 2.75) is 13.3 Å². The maximum Gasteiger partial charge on any atom is 0.251 e. The zero-order valence-corrected chi connectivity index (χ0v) is 14.0. The van der Waals surface area contributed by atoms with Crippen LogP contribution in [0.15, 0.2) is 53.3 Å². The maximum atomic E-state index is 12.9. The van der Waals surface area contributed by atoms with Gasteiger partial charge in [0.2, 0.25) is 5.91 Å². The predicted octanol–water partition coefficient (Wildman–Crippen LogP) is 3.30. The number of aryl methyl sites for hydroxylation is 1. The zero-order valence-electron chi connectivity index (χ0n) is 14.0. The normalized spacial score (nSPS) is 11.7. The lowest BCUT2D eigenvalue weighted by Gasteiger charge is -2.11. The molecule has 0 aliphatic carbocycles. The van der Waals surface area contributed by atoms with Crippen LogP contribution in [0.1, 0.15) is 11.1 Å².